The number of thiophene rings is 1. The van der Waals surface area contributed by atoms with Crippen LogP contribution < -0.4 is 0 Å². The van der Waals surface area contributed by atoms with Gasteiger partial charge >= 0.3 is 6.18 Å². The minimum atomic E-state index is -4.21. The first-order valence-electron chi connectivity index (χ1n) is 6.57. The lowest BCUT2D eigenvalue weighted by Gasteiger charge is -2.24. The number of rotatable bonds is 7. The number of carbonyl (C=O) groups excluding carboxylic acids is 1. The number of hydrogen-bond acceptors (Lipinski definition) is 3. The Labute approximate surface area is 126 Å². The van der Waals surface area contributed by atoms with E-state index in [0.29, 0.717) is 6.54 Å². The van der Waals surface area contributed by atoms with Gasteiger partial charge in [-0.05, 0) is 31.5 Å². The Bertz CT molecular complexity index is 457. The fourth-order valence-corrected chi connectivity index (χ4v) is 2.36. The van der Waals surface area contributed by atoms with Crippen LogP contribution in [0.15, 0.2) is 23.6 Å². The summed E-state index contributed by atoms with van der Waals surface area (Å²) in [5, 5.41) is 1.91. The normalized spacial score (nSPS) is 12.3. The van der Waals surface area contributed by atoms with Gasteiger partial charge in [0.1, 0.15) is 0 Å². The Kier molecular flexibility index (Phi) is 6.91. The Morgan fingerprint density at radius 2 is 2.10 bits per heavy atom. The molecule has 21 heavy (non-hydrogen) atoms. The summed E-state index contributed by atoms with van der Waals surface area (Å²) in [6.07, 6.45) is -1.04. The van der Waals surface area contributed by atoms with Gasteiger partial charge < -0.3 is 4.90 Å². The minimum Gasteiger partial charge on any atom is -0.338 e. The number of carbonyl (C=O) groups is 1. The van der Waals surface area contributed by atoms with Crippen molar-refractivity contribution in [2.24, 2.45) is 0 Å². The Balaban J connectivity index is 2.45. The second-order valence-corrected chi connectivity index (χ2v) is 5.60. The Morgan fingerprint density at radius 1 is 1.38 bits per heavy atom. The molecule has 0 aromatic carbocycles. The van der Waals surface area contributed by atoms with Crippen LogP contribution in [-0.2, 0) is 4.79 Å². The highest BCUT2D eigenvalue weighted by Gasteiger charge is 2.29. The molecular weight excluding hydrogens is 301 g/mol. The monoisotopic (exact) mass is 320 g/mol. The van der Waals surface area contributed by atoms with E-state index in [1.54, 1.807) is 13.0 Å². The molecule has 118 valence electrons. The SMILES string of the molecule is CCN(CCN(C)CC(F)(F)F)C(=O)C=Cc1cccs1. The Morgan fingerprint density at radius 3 is 2.62 bits per heavy atom. The zero-order chi connectivity index (χ0) is 15.9. The van der Waals surface area contributed by atoms with E-state index < -0.39 is 12.7 Å². The summed E-state index contributed by atoms with van der Waals surface area (Å²) in [5.41, 5.74) is 0. The fourth-order valence-electron chi connectivity index (χ4n) is 1.75. The second-order valence-electron chi connectivity index (χ2n) is 4.62. The van der Waals surface area contributed by atoms with Crippen molar-refractivity contribution in [3.8, 4) is 0 Å². The highest BCUT2D eigenvalue weighted by atomic mass is 32.1. The molecule has 0 spiro atoms. The van der Waals surface area contributed by atoms with Crippen molar-refractivity contribution in [1.82, 2.24) is 9.80 Å². The van der Waals surface area contributed by atoms with Crippen molar-refractivity contribution < 1.29 is 18.0 Å². The third-order valence-corrected chi connectivity index (χ3v) is 3.67. The van der Waals surface area contributed by atoms with Crippen molar-refractivity contribution in [2.75, 3.05) is 33.2 Å². The van der Waals surface area contributed by atoms with E-state index >= 15 is 0 Å². The van der Waals surface area contributed by atoms with E-state index in [1.807, 2.05) is 17.5 Å². The number of amides is 1. The van der Waals surface area contributed by atoms with Crippen LogP contribution in [0.25, 0.3) is 6.08 Å². The van der Waals surface area contributed by atoms with Gasteiger partial charge in [-0.3, -0.25) is 9.69 Å². The molecule has 0 unspecified atom stereocenters. The third kappa shape index (κ3) is 7.29. The van der Waals surface area contributed by atoms with Gasteiger partial charge in [0, 0.05) is 30.6 Å². The quantitative estimate of drug-likeness (QED) is 0.721. The van der Waals surface area contributed by atoms with Crippen molar-refractivity contribution in [2.45, 2.75) is 13.1 Å². The van der Waals surface area contributed by atoms with Crippen LogP contribution in [0.2, 0.25) is 0 Å². The smallest absolute Gasteiger partial charge is 0.338 e. The van der Waals surface area contributed by atoms with Gasteiger partial charge in [-0.1, -0.05) is 6.07 Å². The summed E-state index contributed by atoms with van der Waals surface area (Å²) >= 11 is 1.52. The van der Waals surface area contributed by atoms with Crippen molar-refractivity contribution in [3.05, 3.63) is 28.5 Å². The van der Waals surface area contributed by atoms with E-state index in [-0.39, 0.29) is 19.0 Å². The number of nitrogens with zero attached hydrogens (tertiary/aromatic N) is 2. The van der Waals surface area contributed by atoms with Gasteiger partial charge in [0.15, 0.2) is 0 Å². The maximum Gasteiger partial charge on any atom is 0.401 e. The molecule has 0 radical (unpaired) electrons. The maximum atomic E-state index is 12.2. The molecule has 1 aromatic heterocycles. The van der Waals surface area contributed by atoms with Crippen LogP contribution in [0.4, 0.5) is 13.2 Å². The molecule has 0 N–H and O–H groups in total. The number of halogens is 3. The summed E-state index contributed by atoms with van der Waals surface area (Å²) in [5.74, 6) is -0.189. The summed E-state index contributed by atoms with van der Waals surface area (Å²) in [7, 11) is 1.40. The molecule has 0 aliphatic heterocycles. The van der Waals surface area contributed by atoms with Gasteiger partial charge in [0.05, 0.1) is 6.54 Å². The molecule has 3 nitrogen and oxygen atoms in total. The maximum absolute atomic E-state index is 12.2. The molecule has 1 aromatic rings. The third-order valence-electron chi connectivity index (χ3n) is 2.83. The van der Waals surface area contributed by atoms with E-state index in [9.17, 15) is 18.0 Å². The molecule has 0 aliphatic rings. The average Bonchev–Trinajstić information content (AvgIpc) is 2.88. The molecule has 0 atom stereocenters. The molecule has 1 amide bonds. The first-order valence-corrected chi connectivity index (χ1v) is 7.45. The molecule has 0 aliphatic carbocycles. The van der Waals surface area contributed by atoms with Gasteiger partial charge in [-0.15, -0.1) is 11.3 Å². The number of likely N-dealkylation sites (N-methyl/N-ethyl adjacent to an activating group) is 2. The molecule has 0 fully saturated rings. The van der Waals surface area contributed by atoms with Crippen LogP contribution in [0, 0.1) is 0 Å². The molecule has 1 heterocycles. The van der Waals surface area contributed by atoms with Gasteiger partial charge in [-0.25, -0.2) is 0 Å². The van der Waals surface area contributed by atoms with Gasteiger partial charge in [0.25, 0.3) is 0 Å². The molecule has 7 heteroatoms. The molecule has 0 saturated heterocycles. The summed E-state index contributed by atoms with van der Waals surface area (Å²) in [6.45, 7) is 1.76. The van der Waals surface area contributed by atoms with Crippen LogP contribution in [0.3, 0.4) is 0 Å². The van der Waals surface area contributed by atoms with Crippen LogP contribution in [0.1, 0.15) is 11.8 Å². The lowest BCUT2D eigenvalue weighted by Crippen LogP contribution is -2.39. The second kappa shape index (κ2) is 8.19. The predicted molar refractivity (Wildman–Crippen MR) is 79.2 cm³/mol. The molecular formula is C14H19F3N2OS. The lowest BCUT2D eigenvalue weighted by atomic mass is 10.3. The Hall–Kier alpha value is -1.34. The lowest BCUT2D eigenvalue weighted by molar-refractivity contribution is -0.143. The highest BCUT2D eigenvalue weighted by Crippen LogP contribution is 2.15. The van der Waals surface area contributed by atoms with E-state index in [4.69, 9.17) is 0 Å². The standard InChI is InChI=1S/C14H19F3N2OS/c1-3-19(9-8-18(2)11-14(15,16)17)13(20)7-6-12-5-4-10-21-12/h4-7,10H,3,8-9,11H2,1-2H3. The fraction of sp³-hybridized carbons (Fsp3) is 0.500. The van der Waals surface area contributed by atoms with Gasteiger partial charge in [-0.2, -0.15) is 13.2 Å². The van der Waals surface area contributed by atoms with Gasteiger partial charge in [0.2, 0.25) is 5.91 Å². The number of alkyl halides is 3. The van der Waals surface area contributed by atoms with Crippen molar-refractivity contribution in [3.63, 3.8) is 0 Å². The van der Waals surface area contributed by atoms with Crippen LogP contribution >= 0.6 is 11.3 Å². The molecule has 1 rings (SSSR count). The van der Waals surface area contributed by atoms with E-state index in [2.05, 4.69) is 0 Å². The molecule has 0 saturated carbocycles. The minimum absolute atomic E-state index is 0.186. The number of hydrogen-bond donors (Lipinski definition) is 0. The largest absolute Gasteiger partial charge is 0.401 e. The first kappa shape index (κ1) is 17.7. The van der Waals surface area contributed by atoms with E-state index in [0.717, 1.165) is 4.88 Å². The average molecular weight is 320 g/mol. The summed E-state index contributed by atoms with van der Waals surface area (Å²) in [4.78, 5) is 15.6. The van der Waals surface area contributed by atoms with E-state index in [1.165, 1.54) is 34.3 Å². The first-order chi connectivity index (χ1) is 9.81. The predicted octanol–water partition coefficient (Wildman–Crippen LogP) is 3.10. The summed E-state index contributed by atoms with van der Waals surface area (Å²) < 4.78 is 36.6. The zero-order valence-corrected chi connectivity index (χ0v) is 12.9. The summed E-state index contributed by atoms with van der Waals surface area (Å²) in [6, 6.07) is 3.78. The topological polar surface area (TPSA) is 23.6 Å². The van der Waals surface area contributed by atoms with Crippen LogP contribution in [0.5, 0.6) is 0 Å². The van der Waals surface area contributed by atoms with Crippen molar-refractivity contribution >= 4 is 23.3 Å². The van der Waals surface area contributed by atoms with Crippen LogP contribution in [-0.4, -0.2) is 55.1 Å². The highest BCUT2D eigenvalue weighted by molar-refractivity contribution is 7.10. The molecule has 0 bridgehead atoms. The zero-order valence-electron chi connectivity index (χ0n) is 12.1. The van der Waals surface area contributed by atoms with Crippen molar-refractivity contribution in [1.29, 1.82) is 0 Å².